The summed E-state index contributed by atoms with van der Waals surface area (Å²) in [5, 5.41) is 6.70. The molecular weight excluding hydrogens is 465 g/mol. The predicted molar refractivity (Wildman–Crippen MR) is 126 cm³/mol. The van der Waals surface area contributed by atoms with Crippen LogP contribution in [-0.4, -0.2) is 50.3 Å². The highest BCUT2D eigenvalue weighted by atomic mass is 127. The van der Waals surface area contributed by atoms with E-state index in [-0.39, 0.29) is 30.1 Å². The maximum Gasteiger partial charge on any atom is 0.191 e. The summed E-state index contributed by atoms with van der Waals surface area (Å²) in [7, 11) is 1.79. The van der Waals surface area contributed by atoms with E-state index < -0.39 is 0 Å². The van der Waals surface area contributed by atoms with Crippen molar-refractivity contribution in [1.82, 2.24) is 15.6 Å². The van der Waals surface area contributed by atoms with Crippen molar-refractivity contribution in [2.75, 3.05) is 38.2 Å². The van der Waals surface area contributed by atoms with E-state index in [0.29, 0.717) is 6.54 Å². The molecule has 1 atom stereocenters. The summed E-state index contributed by atoms with van der Waals surface area (Å²) in [6.07, 6.45) is 3.15. The third-order valence-corrected chi connectivity index (χ3v) is 4.61. The van der Waals surface area contributed by atoms with Gasteiger partial charge in [-0.3, -0.25) is 4.99 Å². The number of ether oxygens (including phenoxy) is 1. The third-order valence-electron chi connectivity index (χ3n) is 4.61. The Morgan fingerprint density at radius 3 is 2.68 bits per heavy atom. The number of nitrogens with zero attached hydrogens (tertiary/aromatic N) is 3. The van der Waals surface area contributed by atoms with Gasteiger partial charge in [0.1, 0.15) is 5.82 Å². The molecule has 152 valence electrons. The first kappa shape index (κ1) is 22.4. The molecule has 3 rings (SSSR count). The number of nitrogens with one attached hydrogen (secondary N) is 2. The van der Waals surface area contributed by atoms with Gasteiger partial charge < -0.3 is 20.3 Å². The lowest BCUT2D eigenvalue weighted by molar-refractivity contribution is 0.0529. The molecule has 0 bridgehead atoms. The molecule has 1 aromatic carbocycles. The summed E-state index contributed by atoms with van der Waals surface area (Å²) in [5.41, 5.74) is 2.45. The molecule has 0 saturated carbocycles. The van der Waals surface area contributed by atoms with Gasteiger partial charge in [-0.05, 0) is 30.5 Å². The van der Waals surface area contributed by atoms with Gasteiger partial charge in [-0.2, -0.15) is 0 Å². The van der Waals surface area contributed by atoms with Crippen LogP contribution in [-0.2, 0) is 17.7 Å². The van der Waals surface area contributed by atoms with Crippen LogP contribution >= 0.6 is 24.0 Å². The molecule has 2 heterocycles. The Balaban J connectivity index is 0.00000280. The lowest BCUT2D eigenvalue weighted by Gasteiger charge is -2.32. The molecule has 0 amide bonds. The molecule has 7 heteroatoms. The van der Waals surface area contributed by atoms with Gasteiger partial charge in [-0.25, -0.2) is 4.98 Å². The Morgan fingerprint density at radius 2 is 2.00 bits per heavy atom. The van der Waals surface area contributed by atoms with Crippen molar-refractivity contribution < 1.29 is 4.74 Å². The molecule has 1 aliphatic heterocycles. The minimum Gasteiger partial charge on any atom is -0.375 e. The highest BCUT2D eigenvalue weighted by molar-refractivity contribution is 14.0. The Kier molecular flexibility index (Phi) is 9.49. The number of guanidine groups is 1. The fraction of sp³-hybridized carbons (Fsp3) is 0.429. The number of morpholine rings is 1. The summed E-state index contributed by atoms with van der Waals surface area (Å²) >= 11 is 0. The van der Waals surface area contributed by atoms with Crippen LogP contribution in [0.4, 0.5) is 5.82 Å². The number of aliphatic imine (C=N–C) groups is 1. The minimum atomic E-state index is 0. The monoisotopic (exact) mass is 495 g/mol. The zero-order chi connectivity index (χ0) is 18.9. The molecule has 28 heavy (non-hydrogen) atoms. The van der Waals surface area contributed by atoms with Crippen LogP contribution in [0, 0.1) is 0 Å². The first-order valence-corrected chi connectivity index (χ1v) is 9.54. The molecule has 1 unspecified atom stereocenters. The zero-order valence-electron chi connectivity index (χ0n) is 16.6. The maximum atomic E-state index is 5.59. The van der Waals surface area contributed by atoms with Gasteiger partial charge >= 0.3 is 0 Å². The van der Waals surface area contributed by atoms with E-state index in [1.807, 2.05) is 12.3 Å². The van der Waals surface area contributed by atoms with Crippen LogP contribution < -0.4 is 15.5 Å². The second kappa shape index (κ2) is 11.9. The maximum absolute atomic E-state index is 5.59. The molecule has 1 saturated heterocycles. The van der Waals surface area contributed by atoms with Crippen LogP contribution in [0.3, 0.4) is 0 Å². The van der Waals surface area contributed by atoms with Crippen molar-refractivity contribution in [3.05, 3.63) is 59.8 Å². The number of benzene rings is 1. The molecule has 0 aliphatic carbocycles. The van der Waals surface area contributed by atoms with Crippen molar-refractivity contribution in [3.63, 3.8) is 0 Å². The van der Waals surface area contributed by atoms with Gasteiger partial charge in [-0.1, -0.05) is 36.4 Å². The molecular formula is C21H30IN5O. The van der Waals surface area contributed by atoms with Crippen LogP contribution in [0.5, 0.6) is 0 Å². The normalized spacial score (nSPS) is 17.0. The van der Waals surface area contributed by atoms with Crippen molar-refractivity contribution >= 4 is 35.8 Å². The Bertz CT molecular complexity index is 723. The fourth-order valence-corrected chi connectivity index (χ4v) is 3.11. The lowest BCUT2D eigenvalue weighted by Crippen LogP contribution is -2.41. The topological polar surface area (TPSA) is 61.8 Å². The van der Waals surface area contributed by atoms with Gasteiger partial charge in [-0.15, -0.1) is 24.0 Å². The molecule has 2 N–H and O–H groups in total. The minimum absolute atomic E-state index is 0. The Morgan fingerprint density at radius 1 is 1.18 bits per heavy atom. The second-order valence-electron chi connectivity index (χ2n) is 6.74. The number of hydrogen-bond acceptors (Lipinski definition) is 4. The third kappa shape index (κ3) is 6.94. The number of pyridine rings is 1. The molecule has 0 spiro atoms. The van der Waals surface area contributed by atoms with E-state index in [9.17, 15) is 0 Å². The fourth-order valence-electron chi connectivity index (χ4n) is 3.11. The first-order chi connectivity index (χ1) is 13.2. The van der Waals surface area contributed by atoms with Crippen LogP contribution in [0.1, 0.15) is 18.1 Å². The van der Waals surface area contributed by atoms with E-state index in [2.05, 4.69) is 68.8 Å². The average molecular weight is 495 g/mol. The number of hydrogen-bond donors (Lipinski definition) is 2. The smallest absolute Gasteiger partial charge is 0.191 e. The van der Waals surface area contributed by atoms with Crippen LogP contribution in [0.15, 0.2) is 53.7 Å². The summed E-state index contributed by atoms with van der Waals surface area (Å²) in [6.45, 7) is 6.18. The zero-order valence-corrected chi connectivity index (χ0v) is 18.9. The predicted octanol–water partition coefficient (Wildman–Crippen LogP) is 2.83. The summed E-state index contributed by atoms with van der Waals surface area (Å²) < 4.78 is 5.59. The molecule has 1 aromatic heterocycles. The van der Waals surface area contributed by atoms with E-state index in [1.54, 1.807) is 7.05 Å². The van der Waals surface area contributed by atoms with E-state index in [0.717, 1.165) is 50.0 Å². The SMILES string of the molecule is CN=C(NCCc1ccccc1)NCc1ccc(N2CCOC(C)C2)nc1.I. The molecule has 6 nitrogen and oxygen atoms in total. The summed E-state index contributed by atoms with van der Waals surface area (Å²) in [5.74, 6) is 1.82. The lowest BCUT2D eigenvalue weighted by atomic mass is 10.1. The van der Waals surface area contributed by atoms with Crippen molar-refractivity contribution in [1.29, 1.82) is 0 Å². The van der Waals surface area contributed by atoms with Crippen molar-refractivity contribution in [2.45, 2.75) is 26.0 Å². The number of anilines is 1. The number of halogens is 1. The van der Waals surface area contributed by atoms with Gasteiger partial charge in [0, 0.05) is 39.4 Å². The Hall–Kier alpha value is -1.87. The van der Waals surface area contributed by atoms with Gasteiger partial charge in [0.25, 0.3) is 0 Å². The number of rotatable bonds is 6. The second-order valence-corrected chi connectivity index (χ2v) is 6.74. The van der Waals surface area contributed by atoms with E-state index >= 15 is 0 Å². The Labute approximate surface area is 184 Å². The number of aromatic nitrogens is 1. The molecule has 2 aromatic rings. The largest absolute Gasteiger partial charge is 0.375 e. The summed E-state index contributed by atoms with van der Waals surface area (Å²) in [6, 6.07) is 14.7. The van der Waals surface area contributed by atoms with Crippen molar-refractivity contribution in [3.8, 4) is 0 Å². The van der Waals surface area contributed by atoms with Crippen molar-refractivity contribution in [2.24, 2.45) is 4.99 Å². The van der Waals surface area contributed by atoms with E-state index in [1.165, 1.54) is 5.56 Å². The molecule has 1 fully saturated rings. The van der Waals surface area contributed by atoms with E-state index in [4.69, 9.17) is 4.74 Å². The van der Waals surface area contributed by atoms with Gasteiger partial charge in [0.05, 0.1) is 12.7 Å². The van der Waals surface area contributed by atoms with Crippen LogP contribution in [0.2, 0.25) is 0 Å². The summed E-state index contributed by atoms with van der Waals surface area (Å²) in [4.78, 5) is 11.2. The first-order valence-electron chi connectivity index (χ1n) is 9.54. The highest BCUT2D eigenvalue weighted by Gasteiger charge is 2.17. The molecule has 0 radical (unpaired) electrons. The highest BCUT2D eigenvalue weighted by Crippen LogP contribution is 2.15. The quantitative estimate of drug-likeness (QED) is 0.367. The van der Waals surface area contributed by atoms with Crippen LogP contribution in [0.25, 0.3) is 0 Å². The molecule has 1 aliphatic rings. The average Bonchev–Trinajstić information content (AvgIpc) is 2.72. The van der Waals surface area contributed by atoms with Gasteiger partial charge in [0.2, 0.25) is 0 Å². The van der Waals surface area contributed by atoms with Gasteiger partial charge in [0.15, 0.2) is 5.96 Å². The standard InChI is InChI=1S/C21H29N5O.HI/c1-17-16-26(12-13-27-17)20-9-8-19(14-24-20)15-25-21(22-2)23-11-10-18-6-4-3-5-7-18;/h3-9,14,17H,10-13,15-16H2,1-2H3,(H2,22,23,25);1H.